The van der Waals surface area contributed by atoms with Crippen molar-refractivity contribution < 1.29 is 18.7 Å². The number of hydrogen-bond acceptors (Lipinski definition) is 5. The number of nitrogens with one attached hydrogen (secondary N) is 1. The number of aromatic nitrogens is 1. The van der Waals surface area contributed by atoms with Crippen LogP contribution in [-0.4, -0.2) is 35.8 Å². The number of carbonyl (C=O) groups is 2. The minimum absolute atomic E-state index is 0.152. The molecule has 1 N–H and O–H groups in total. The Balaban J connectivity index is 1.53. The van der Waals surface area contributed by atoms with Crippen molar-refractivity contribution >= 4 is 29.3 Å². The van der Waals surface area contributed by atoms with Crippen LogP contribution < -0.4 is 16.0 Å². The van der Waals surface area contributed by atoms with E-state index in [9.17, 15) is 14.4 Å². The lowest BCUT2D eigenvalue weighted by atomic mass is 10.1. The Hall–Kier alpha value is -3.29. The van der Waals surface area contributed by atoms with Crippen LogP contribution in [0, 0.1) is 0 Å². The summed E-state index contributed by atoms with van der Waals surface area (Å²) in [6.45, 7) is 2.46. The van der Waals surface area contributed by atoms with E-state index in [1.807, 2.05) is 30.3 Å². The molecular weight excluding hydrogens is 338 g/mol. The van der Waals surface area contributed by atoms with Gasteiger partial charge in [0, 0.05) is 19.2 Å². The van der Waals surface area contributed by atoms with Gasteiger partial charge in [0.25, 0.3) is 0 Å². The fourth-order valence-electron chi connectivity index (χ4n) is 3.21. The standard InChI is InChI=1S/C18H17N3O5/c1-11(22)19-7-16-10-26-18(24)21(16)14-4-2-12(3-5-14)13-6-15-9-25-17(23)20(15)8-13/h2-6,9,16H,7-8,10H2,1H3,(H,19,22). The predicted octanol–water partition coefficient (Wildman–Crippen LogP) is 1.46. The number of nitrogens with zero attached hydrogens (tertiary/aromatic N) is 2. The molecule has 2 aromatic rings. The van der Waals surface area contributed by atoms with E-state index >= 15 is 0 Å². The molecule has 1 saturated heterocycles. The monoisotopic (exact) mass is 355 g/mol. The number of benzene rings is 1. The lowest BCUT2D eigenvalue weighted by molar-refractivity contribution is -0.119. The highest BCUT2D eigenvalue weighted by Gasteiger charge is 2.34. The Bertz CT molecular complexity index is 954. The predicted molar refractivity (Wildman–Crippen MR) is 93.6 cm³/mol. The van der Waals surface area contributed by atoms with Gasteiger partial charge in [-0.2, -0.15) is 0 Å². The number of cyclic esters (lactones) is 1. The van der Waals surface area contributed by atoms with Crippen LogP contribution in [0.1, 0.15) is 18.2 Å². The zero-order chi connectivity index (χ0) is 18.3. The molecular formula is C18H17N3O5. The molecule has 8 nitrogen and oxygen atoms in total. The van der Waals surface area contributed by atoms with Crippen molar-refractivity contribution in [3.05, 3.63) is 52.3 Å². The summed E-state index contributed by atoms with van der Waals surface area (Å²) in [5.74, 6) is -0.523. The first-order chi connectivity index (χ1) is 12.5. The maximum absolute atomic E-state index is 12.1. The Morgan fingerprint density at radius 3 is 2.73 bits per heavy atom. The summed E-state index contributed by atoms with van der Waals surface area (Å²) in [6, 6.07) is 7.22. The Morgan fingerprint density at radius 2 is 2.04 bits per heavy atom. The molecule has 0 spiro atoms. The van der Waals surface area contributed by atoms with Gasteiger partial charge in [-0.25, -0.2) is 9.59 Å². The molecule has 1 aromatic carbocycles. The van der Waals surface area contributed by atoms with E-state index in [0.29, 0.717) is 18.8 Å². The number of hydrogen-bond donors (Lipinski definition) is 1. The fraction of sp³-hybridized carbons (Fsp3) is 0.278. The average Bonchev–Trinajstić information content (AvgIpc) is 3.30. The van der Waals surface area contributed by atoms with E-state index in [1.54, 1.807) is 9.47 Å². The van der Waals surface area contributed by atoms with Crippen LogP contribution in [0.2, 0.25) is 0 Å². The first kappa shape index (κ1) is 16.2. The second kappa shape index (κ2) is 6.21. The van der Waals surface area contributed by atoms with E-state index in [2.05, 4.69) is 5.32 Å². The number of fused-ring (bicyclic) bond motifs is 1. The Kier molecular flexibility index (Phi) is 3.87. The second-order valence-electron chi connectivity index (χ2n) is 6.27. The van der Waals surface area contributed by atoms with Gasteiger partial charge in [0.2, 0.25) is 5.91 Å². The third-order valence-electron chi connectivity index (χ3n) is 4.53. The van der Waals surface area contributed by atoms with Crippen LogP contribution in [0.5, 0.6) is 0 Å². The summed E-state index contributed by atoms with van der Waals surface area (Å²) in [7, 11) is 0. The number of allylic oxidation sites excluding steroid dienone is 1. The summed E-state index contributed by atoms with van der Waals surface area (Å²) in [4.78, 5) is 36.3. The molecule has 1 fully saturated rings. The van der Waals surface area contributed by atoms with Crippen LogP contribution in [0.15, 0.2) is 39.7 Å². The SMILES string of the molecule is CC(=O)NCC1COC(=O)N1c1ccc(C2=Cc3coc(=O)n3C2)cc1. The molecule has 8 heteroatoms. The first-order valence-electron chi connectivity index (χ1n) is 8.22. The highest BCUT2D eigenvalue weighted by molar-refractivity contribution is 5.91. The van der Waals surface area contributed by atoms with Gasteiger partial charge in [0.05, 0.1) is 18.3 Å². The zero-order valence-electron chi connectivity index (χ0n) is 14.1. The number of carbonyl (C=O) groups excluding carboxylic acids is 2. The molecule has 1 atom stereocenters. The van der Waals surface area contributed by atoms with Crippen molar-refractivity contribution in [1.29, 1.82) is 0 Å². The molecule has 0 radical (unpaired) electrons. The van der Waals surface area contributed by atoms with Crippen LogP contribution in [-0.2, 0) is 16.1 Å². The molecule has 0 saturated carbocycles. The first-order valence-corrected chi connectivity index (χ1v) is 8.22. The molecule has 4 rings (SSSR count). The van der Waals surface area contributed by atoms with Crippen LogP contribution in [0.25, 0.3) is 11.6 Å². The van der Waals surface area contributed by atoms with Gasteiger partial charge in [-0.05, 0) is 29.3 Å². The normalized spacial score (nSPS) is 18.5. The fourth-order valence-corrected chi connectivity index (χ4v) is 3.21. The summed E-state index contributed by atoms with van der Waals surface area (Å²) in [6.07, 6.45) is 2.92. The molecule has 3 heterocycles. The van der Waals surface area contributed by atoms with E-state index in [-0.39, 0.29) is 24.3 Å². The molecule has 2 aliphatic heterocycles. The number of amides is 2. The third-order valence-corrected chi connectivity index (χ3v) is 4.53. The molecule has 2 aliphatic rings. The van der Waals surface area contributed by atoms with E-state index < -0.39 is 6.09 Å². The minimum atomic E-state index is -0.429. The Morgan fingerprint density at radius 1 is 1.27 bits per heavy atom. The summed E-state index contributed by atoms with van der Waals surface area (Å²) in [5, 5.41) is 2.71. The molecule has 26 heavy (non-hydrogen) atoms. The van der Waals surface area contributed by atoms with E-state index in [0.717, 1.165) is 16.8 Å². The van der Waals surface area contributed by atoms with Gasteiger partial charge < -0.3 is 14.5 Å². The van der Waals surface area contributed by atoms with E-state index in [1.165, 1.54) is 13.2 Å². The van der Waals surface area contributed by atoms with Crippen molar-refractivity contribution in [2.75, 3.05) is 18.1 Å². The van der Waals surface area contributed by atoms with Crippen molar-refractivity contribution in [3.63, 3.8) is 0 Å². The topological polar surface area (TPSA) is 93.8 Å². The van der Waals surface area contributed by atoms with Gasteiger partial charge in [0.15, 0.2) is 0 Å². The summed E-state index contributed by atoms with van der Waals surface area (Å²) in [5.41, 5.74) is 3.40. The van der Waals surface area contributed by atoms with Crippen molar-refractivity contribution in [2.45, 2.75) is 19.5 Å². The van der Waals surface area contributed by atoms with Gasteiger partial charge >= 0.3 is 11.8 Å². The summed E-state index contributed by atoms with van der Waals surface area (Å²) >= 11 is 0. The van der Waals surface area contributed by atoms with Crippen LogP contribution in [0.4, 0.5) is 10.5 Å². The number of anilines is 1. The largest absolute Gasteiger partial charge is 0.447 e. The number of oxazole rings is 1. The van der Waals surface area contributed by atoms with Gasteiger partial charge in [-0.3, -0.25) is 14.3 Å². The molecule has 2 amide bonds. The maximum atomic E-state index is 12.1. The van der Waals surface area contributed by atoms with Gasteiger partial charge in [-0.1, -0.05) is 12.1 Å². The van der Waals surface area contributed by atoms with Gasteiger partial charge in [0.1, 0.15) is 12.9 Å². The Labute approximate surface area is 148 Å². The molecule has 134 valence electrons. The zero-order valence-corrected chi connectivity index (χ0v) is 14.1. The molecule has 1 aromatic heterocycles. The van der Waals surface area contributed by atoms with Crippen molar-refractivity contribution in [3.8, 4) is 0 Å². The van der Waals surface area contributed by atoms with E-state index in [4.69, 9.17) is 9.15 Å². The minimum Gasteiger partial charge on any atom is -0.447 e. The molecule has 0 aliphatic carbocycles. The highest BCUT2D eigenvalue weighted by Crippen LogP contribution is 2.29. The molecule has 1 unspecified atom stereocenters. The second-order valence-corrected chi connectivity index (χ2v) is 6.27. The average molecular weight is 355 g/mol. The quantitative estimate of drug-likeness (QED) is 0.896. The van der Waals surface area contributed by atoms with Crippen molar-refractivity contribution in [1.82, 2.24) is 9.88 Å². The highest BCUT2D eigenvalue weighted by atomic mass is 16.6. The van der Waals surface area contributed by atoms with Crippen molar-refractivity contribution in [2.24, 2.45) is 0 Å². The lowest BCUT2D eigenvalue weighted by Gasteiger charge is -2.21. The summed E-state index contributed by atoms with van der Waals surface area (Å²) < 4.78 is 11.5. The molecule has 0 bridgehead atoms. The number of rotatable bonds is 4. The maximum Gasteiger partial charge on any atom is 0.419 e. The third kappa shape index (κ3) is 2.79. The van der Waals surface area contributed by atoms with Crippen LogP contribution in [0.3, 0.4) is 0 Å². The van der Waals surface area contributed by atoms with Gasteiger partial charge in [-0.15, -0.1) is 0 Å². The lowest BCUT2D eigenvalue weighted by Crippen LogP contribution is -2.42. The number of ether oxygens (including phenoxy) is 1. The van der Waals surface area contributed by atoms with Crippen LogP contribution >= 0.6 is 0 Å². The smallest absolute Gasteiger partial charge is 0.419 e.